The summed E-state index contributed by atoms with van der Waals surface area (Å²) in [5.74, 6) is 0.599. The first-order valence-electron chi connectivity index (χ1n) is 11.2. The predicted molar refractivity (Wildman–Crippen MR) is 113 cm³/mol. The number of aromatic nitrogens is 2. The van der Waals surface area contributed by atoms with Gasteiger partial charge in [0.1, 0.15) is 0 Å². The predicted octanol–water partition coefficient (Wildman–Crippen LogP) is 3.17. The highest BCUT2D eigenvalue weighted by molar-refractivity contribution is 7.91. The van der Waals surface area contributed by atoms with Crippen molar-refractivity contribution in [3.8, 4) is 0 Å². The van der Waals surface area contributed by atoms with E-state index in [0.717, 1.165) is 70.6 Å². The van der Waals surface area contributed by atoms with Gasteiger partial charge >= 0.3 is 0 Å². The van der Waals surface area contributed by atoms with Crippen molar-refractivity contribution in [2.24, 2.45) is 5.92 Å². The molecule has 1 saturated heterocycles. The zero-order valence-corrected chi connectivity index (χ0v) is 18.8. The van der Waals surface area contributed by atoms with Crippen molar-refractivity contribution in [1.82, 2.24) is 19.4 Å². The molecule has 1 atom stereocenters. The normalized spacial score (nSPS) is 21.5. The first kappa shape index (κ1) is 21.8. The summed E-state index contributed by atoms with van der Waals surface area (Å²) in [6.07, 6.45) is 8.29. The maximum Gasteiger partial charge on any atom is 0.227 e. The molecule has 7 heteroatoms. The molecule has 2 aliphatic rings. The highest BCUT2D eigenvalue weighted by Crippen LogP contribution is 2.30. The molecular weight excluding hydrogens is 372 g/mol. The summed E-state index contributed by atoms with van der Waals surface area (Å²) in [6, 6.07) is 0.615. The number of hydrogen-bond donors (Lipinski definition) is 0. The Labute approximate surface area is 171 Å². The number of likely N-dealkylation sites (N-methyl/N-ethyl adjacent to an activating group) is 1. The van der Waals surface area contributed by atoms with Gasteiger partial charge in [-0.1, -0.05) is 33.6 Å². The molecule has 0 amide bonds. The first-order chi connectivity index (χ1) is 13.5. The zero-order chi connectivity index (χ0) is 20.1. The summed E-state index contributed by atoms with van der Waals surface area (Å²) in [4.78, 5) is 9.41. The Hall–Kier alpha value is -0.920. The molecule has 2 fully saturated rings. The molecular formula is C21H38N4O2S. The van der Waals surface area contributed by atoms with Crippen LogP contribution in [0.5, 0.6) is 0 Å². The molecule has 1 aliphatic carbocycles. The SMILES string of the molecule is CCCCn1c(CN2CCC(N(CC)CC)C2)cnc1S(=O)(=O)CC1CCC1. The Morgan fingerprint density at radius 1 is 1.18 bits per heavy atom. The minimum Gasteiger partial charge on any atom is -0.318 e. The van der Waals surface area contributed by atoms with Crippen molar-refractivity contribution in [1.29, 1.82) is 0 Å². The number of rotatable bonds is 11. The van der Waals surface area contributed by atoms with Crippen molar-refractivity contribution in [2.75, 3.05) is 31.9 Å². The van der Waals surface area contributed by atoms with Crippen LogP contribution in [-0.4, -0.2) is 65.7 Å². The fraction of sp³-hybridized carbons (Fsp3) is 0.857. The molecule has 2 heterocycles. The van der Waals surface area contributed by atoms with Gasteiger partial charge in [-0.3, -0.25) is 9.80 Å². The maximum atomic E-state index is 13.0. The molecule has 1 aromatic rings. The smallest absolute Gasteiger partial charge is 0.227 e. The fourth-order valence-electron chi connectivity index (χ4n) is 4.59. The van der Waals surface area contributed by atoms with Crippen LogP contribution in [0, 0.1) is 5.92 Å². The largest absolute Gasteiger partial charge is 0.318 e. The number of likely N-dealkylation sites (tertiary alicyclic amines) is 1. The number of imidazole rings is 1. The van der Waals surface area contributed by atoms with Crippen LogP contribution in [0.2, 0.25) is 0 Å². The molecule has 0 spiro atoms. The first-order valence-corrected chi connectivity index (χ1v) is 12.9. The minimum absolute atomic E-state index is 0.267. The average Bonchev–Trinajstić information content (AvgIpc) is 3.26. The fourth-order valence-corrected chi connectivity index (χ4v) is 6.45. The van der Waals surface area contributed by atoms with Gasteiger partial charge < -0.3 is 4.57 Å². The summed E-state index contributed by atoms with van der Waals surface area (Å²) in [6.45, 7) is 12.5. The lowest BCUT2D eigenvalue weighted by Crippen LogP contribution is -2.37. The minimum atomic E-state index is -3.30. The molecule has 1 aromatic heterocycles. The van der Waals surface area contributed by atoms with Crippen molar-refractivity contribution < 1.29 is 8.42 Å². The van der Waals surface area contributed by atoms with Crippen LogP contribution in [0.4, 0.5) is 0 Å². The maximum absolute atomic E-state index is 13.0. The highest BCUT2D eigenvalue weighted by Gasteiger charge is 2.31. The summed E-state index contributed by atoms with van der Waals surface area (Å²) < 4.78 is 28.0. The van der Waals surface area contributed by atoms with Crippen LogP contribution in [0.1, 0.15) is 65.0 Å². The van der Waals surface area contributed by atoms with E-state index in [9.17, 15) is 8.42 Å². The standard InChI is InChI=1S/C21H38N4O2S/c1-4-7-12-25-20(16-23-13-11-19(15-23)24(5-2)6-3)14-22-21(25)28(26,27)17-18-9-8-10-18/h14,18-19H,4-13,15-17H2,1-3H3. The van der Waals surface area contributed by atoms with E-state index in [2.05, 4.69) is 35.6 Å². The third-order valence-electron chi connectivity index (χ3n) is 6.56. The summed E-state index contributed by atoms with van der Waals surface area (Å²) in [5, 5.41) is 0.308. The van der Waals surface area contributed by atoms with Gasteiger partial charge in [0.25, 0.3) is 0 Å². The lowest BCUT2D eigenvalue weighted by Gasteiger charge is -2.26. The molecule has 0 radical (unpaired) electrons. The van der Waals surface area contributed by atoms with Gasteiger partial charge in [-0.05, 0) is 44.7 Å². The Morgan fingerprint density at radius 2 is 1.93 bits per heavy atom. The zero-order valence-electron chi connectivity index (χ0n) is 17.9. The van der Waals surface area contributed by atoms with E-state index in [0.29, 0.717) is 17.1 Å². The van der Waals surface area contributed by atoms with E-state index < -0.39 is 9.84 Å². The van der Waals surface area contributed by atoms with E-state index >= 15 is 0 Å². The van der Waals surface area contributed by atoms with Gasteiger partial charge in [0, 0.05) is 32.2 Å². The second kappa shape index (κ2) is 9.72. The Bertz CT molecular complexity index is 723. The molecule has 3 rings (SSSR count). The summed E-state index contributed by atoms with van der Waals surface area (Å²) >= 11 is 0. The van der Waals surface area contributed by atoms with Crippen molar-refractivity contribution in [2.45, 2.75) is 83.6 Å². The molecule has 6 nitrogen and oxygen atoms in total. The third kappa shape index (κ3) is 4.97. The molecule has 0 N–H and O–H groups in total. The molecule has 0 bridgehead atoms. The van der Waals surface area contributed by atoms with Crippen LogP contribution in [-0.2, 0) is 22.9 Å². The van der Waals surface area contributed by atoms with Gasteiger partial charge in [0.15, 0.2) is 0 Å². The van der Waals surface area contributed by atoms with E-state index in [1.54, 1.807) is 0 Å². The van der Waals surface area contributed by atoms with Crippen LogP contribution >= 0.6 is 0 Å². The summed E-state index contributed by atoms with van der Waals surface area (Å²) in [5.41, 5.74) is 1.06. The van der Waals surface area contributed by atoms with Crippen molar-refractivity contribution in [3.05, 3.63) is 11.9 Å². The third-order valence-corrected chi connectivity index (χ3v) is 8.35. The second-order valence-electron chi connectivity index (χ2n) is 8.51. The Morgan fingerprint density at radius 3 is 2.54 bits per heavy atom. The molecule has 28 heavy (non-hydrogen) atoms. The number of hydrogen-bond acceptors (Lipinski definition) is 5. The van der Waals surface area contributed by atoms with Crippen molar-refractivity contribution in [3.63, 3.8) is 0 Å². The quantitative estimate of drug-likeness (QED) is 0.561. The van der Waals surface area contributed by atoms with Crippen molar-refractivity contribution >= 4 is 9.84 Å². The van der Waals surface area contributed by atoms with Crippen LogP contribution < -0.4 is 0 Å². The number of sulfone groups is 1. The van der Waals surface area contributed by atoms with Crippen LogP contribution in [0.25, 0.3) is 0 Å². The number of unbranched alkanes of at least 4 members (excludes halogenated alkanes) is 1. The molecule has 160 valence electrons. The Balaban J connectivity index is 1.73. The molecule has 1 saturated carbocycles. The molecule has 0 aromatic carbocycles. The topological polar surface area (TPSA) is 58.4 Å². The number of nitrogens with zero attached hydrogens (tertiary/aromatic N) is 4. The monoisotopic (exact) mass is 410 g/mol. The van der Waals surface area contributed by atoms with E-state index in [1.807, 2.05) is 10.8 Å². The van der Waals surface area contributed by atoms with Gasteiger partial charge in [-0.2, -0.15) is 0 Å². The Kier molecular flexibility index (Phi) is 7.56. The lowest BCUT2D eigenvalue weighted by molar-refractivity contribution is 0.207. The van der Waals surface area contributed by atoms with Gasteiger partial charge in [-0.15, -0.1) is 0 Å². The molecule has 1 unspecified atom stereocenters. The lowest BCUT2D eigenvalue weighted by atomic mass is 9.87. The van der Waals surface area contributed by atoms with Gasteiger partial charge in [-0.25, -0.2) is 13.4 Å². The highest BCUT2D eigenvalue weighted by atomic mass is 32.2. The van der Waals surface area contributed by atoms with E-state index in [-0.39, 0.29) is 5.75 Å². The van der Waals surface area contributed by atoms with E-state index in [1.165, 1.54) is 12.8 Å². The van der Waals surface area contributed by atoms with Crippen LogP contribution in [0.15, 0.2) is 11.4 Å². The average molecular weight is 411 g/mol. The summed E-state index contributed by atoms with van der Waals surface area (Å²) in [7, 11) is -3.30. The van der Waals surface area contributed by atoms with Crippen LogP contribution in [0.3, 0.4) is 0 Å². The van der Waals surface area contributed by atoms with Gasteiger partial charge in [0.2, 0.25) is 15.0 Å². The van der Waals surface area contributed by atoms with E-state index in [4.69, 9.17) is 0 Å². The second-order valence-corrected chi connectivity index (χ2v) is 10.4. The van der Waals surface area contributed by atoms with Gasteiger partial charge in [0.05, 0.1) is 17.6 Å². The molecule has 1 aliphatic heterocycles.